The van der Waals surface area contributed by atoms with Crippen LogP contribution in [0.3, 0.4) is 0 Å². The average Bonchev–Trinajstić information content (AvgIpc) is 3.46. The first-order chi connectivity index (χ1) is 18.5. The third-order valence-electron chi connectivity index (χ3n) is 5.66. The van der Waals surface area contributed by atoms with Crippen molar-refractivity contribution in [1.82, 2.24) is 25.4 Å². The number of carbonyl (C=O) groups is 4. The van der Waals surface area contributed by atoms with Crippen LogP contribution in [-0.4, -0.2) is 58.0 Å². The molecule has 0 radical (unpaired) electrons. The van der Waals surface area contributed by atoms with Gasteiger partial charge in [0.25, 0.3) is 11.8 Å². The Labute approximate surface area is 218 Å². The number of ketones is 1. The lowest BCUT2D eigenvalue weighted by molar-refractivity contribution is -0.143. The summed E-state index contributed by atoms with van der Waals surface area (Å²) >= 11 is 0. The molecule has 1 atom stereocenters. The monoisotopic (exact) mass is 511 g/mol. The standard InChI is InChI=1S/C28H25N5O5/c1-38-24(34)18-30-28(37)25(35)23(17-19-9-4-2-5-10-19)31-27(36)21-13-8-15-29-26(21)33-16-14-22(32-33)20-11-6-3-7-12-20/h2-16,23H,17-18H2,1H3,(H,30,37)(H,31,36). The molecule has 2 aromatic heterocycles. The smallest absolute Gasteiger partial charge is 0.325 e. The second-order valence-electron chi connectivity index (χ2n) is 8.22. The Morgan fingerprint density at radius 3 is 2.34 bits per heavy atom. The number of hydrogen-bond acceptors (Lipinski definition) is 7. The van der Waals surface area contributed by atoms with Crippen LogP contribution in [0, 0.1) is 0 Å². The molecule has 4 aromatic rings. The van der Waals surface area contributed by atoms with E-state index in [2.05, 4.69) is 25.5 Å². The van der Waals surface area contributed by atoms with Gasteiger partial charge in [-0.3, -0.25) is 19.2 Å². The number of amides is 2. The number of aromatic nitrogens is 3. The quantitative estimate of drug-likeness (QED) is 0.246. The number of nitrogens with zero attached hydrogens (tertiary/aromatic N) is 3. The van der Waals surface area contributed by atoms with Gasteiger partial charge in [0, 0.05) is 24.4 Å². The highest BCUT2D eigenvalue weighted by Crippen LogP contribution is 2.19. The molecule has 4 rings (SSSR count). The highest BCUT2D eigenvalue weighted by molar-refractivity contribution is 6.38. The first-order valence-corrected chi connectivity index (χ1v) is 11.8. The molecule has 0 fully saturated rings. The molecule has 38 heavy (non-hydrogen) atoms. The minimum Gasteiger partial charge on any atom is -0.468 e. The highest BCUT2D eigenvalue weighted by Gasteiger charge is 2.29. The van der Waals surface area contributed by atoms with Crippen LogP contribution in [-0.2, 0) is 25.5 Å². The summed E-state index contributed by atoms with van der Waals surface area (Å²) in [5, 5.41) is 9.45. The van der Waals surface area contributed by atoms with Crippen molar-refractivity contribution >= 4 is 23.6 Å². The molecular formula is C28H25N5O5. The van der Waals surface area contributed by atoms with Crippen molar-refractivity contribution in [3.8, 4) is 17.1 Å². The van der Waals surface area contributed by atoms with Crippen LogP contribution >= 0.6 is 0 Å². The molecule has 0 aliphatic heterocycles. The molecule has 0 spiro atoms. The van der Waals surface area contributed by atoms with Crippen molar-refractivity contribution in [3.05, 3.63) is 102 Å². The Kier molecular flexibility index (Phi) is 8.35. The van der Waals surface area contributed by atoms with Gasteiger partial charge in [-0.15, -0.1) is 0 Å². The van der Waals surface area contributed by atoms with Crippen LogP contribution < -0.4 is 10.6 Å². The van der Waals surface area contributed by atoms with Crippen molar-refractivity contribution in [2.45, 2.75) is 12.5 Å². The number of methoxy groups -OCH3 is 1. The lowest BCUT2D eigenvalue weighted by atomic mass is 10.0. The van der Waals surface area contributed by atoms with E-state index in [4.69, 9.17) is 0 Å². The minimum atomic E-state index is -1.20. The number of rotatable bonds is 10. The summed E-state index contributed by atoms with van der Waals surface area (Å²) in [5.74, 6) is -2.97. The Morgan fingerprint density at radius 2 is 1.63 bits per heavy atom. The van der Waals surface area contributed by atoms with Gasteiger partial charge in [-0.2, -0.15) is 5.10 Å². The molecule has 1 unspecified atom stereocenters. The molecule has 0 aliphatic rings. The lowest BCUT2D eigenvalue weighted by Gasteiger charge is -2.18. The SMILES string of the molecule is COC(=O)CNC(=O)C(=O)C(Cc1ccccc1)NC(=O)c1cccnc1-n1ccc(-c2ccccc2)n1. The van der Waals surface area contributed by atoms with Crippen molar-refractivity contribution in [3.63, 3.8) is 0 Å². The van der Waals surface area contributed by atoms with Crippen LogP contribution in [0.15, 0.2) is 91.3 Å². The molecule has 0 saturated carbocycles. The number of Topliss-reactive ketones (excluding diaryl/α,β-unsaturated/α-hetero) is 1. The predicted molar refractivity (Wildman–Crippen MR) is 138 cm³/mol. The highest BCUT2D eigenvalue weighted by atomic mass is 16.5. The summed E-state index contributed by atoms with van der Waals surface area (Å²) in [5.41, 5.74) is 2.50. The van der Waals surface area contributed by atoms with E-state index in [1.165, 1.54) is 18.0 Å². The molecule has 2 aromatic carbocycles. The molecule has 10 nitrogen and oxygen atoms in total. The fourth-order valence-electron chi connectivity index (χ4n) is 3.73. The van der Waals surface area contributed by atoms with Gasteiger partial charge >= 0.3 is 5.97 Å². The maximum absolute atomic E-state index is 13.4. The van der Waals surface area contributed by atoms with E-state index in [0.29, 0.717) is 5.69 Å². The molecule has 0 bridgehead atoms. The number of ether oxygens (including phenoxy) is 1. The fourth-order valence-corrected chi connectivity index (χ4v) is 3.73. The van der Waals surface area contributed by atoms with E-state index < -0.39 is 36.2 Å². The molecule has 0 aliphatic carbocycles. The van der Waals surface area contributed by atoms with E-state index in [1.807, 2.05) is 36.4 Å². The number of hydrogen-bond donors (Lipinski definition) is 2. The first kappa shape index (κ1) is 26.0. The van der Waals surface area contributed by atoms with Crippen LogP contribution in [0.4, 0.5) is 0 Å². The van der Waals surface area contributed by atoms with Crippen molar-refractivity contribution < 1.29 is 23.9 Å². The summed E-state index contributed by atoms with van der Waals surface area (Å²) in [6.07, 6.45) is 3.28. The minimum absolute atomic E-state index is 0.0621. The molecule has 2 N–H and O–H groups in total. The van der Waals surface area contributed by atoms with Crippen LogP contribution in [0.5, 0.6) is 0 Å². The van der Waals surface area contributed by atoms with Gasteiger partial charge in [0.15, 0.2) is 5.82 Å². The van der Waals surface area contributed by atoms with E-state index in [0.717, 1.165) is 11.1 Å². The summed E-state index contributed by atoms with van der Waals surface area (Å²) in [4.78, 5) is 54.6. The maximum atomic E-state index is 13.4. The third-order valence-corrected chi connectivity index (χ3v) is 5.66. The molecule has 192 valence electrons. The molecule has 2 heterocycles. The predicted octanol–water partition coefficient (Wildman–Crippen LogP) is 2.13. The van der Waals surface area contributed by atoms with Crippen molar-refractivity contribution in [2.75, 3.05) is 13.7 Å². The lowest BCUT2D eigenvalue weighted by Crippen LogP contribution is -2.49. The largest absolute Gasteiger partial charge is 0.468 e. The topological polar surface area (TPSA) is 132 Å². The van der Waals surface area contributed by atoms with Gasteiger partial charge in [-0.25, -0.2) is 9.67 Å². The van der Waals surface area contributed by atoms with Crippen LogP contribution in [0.25, 0.3) is 17.1 Å². The Hall–Kier alpha value is -5.12. The molecule has 10 heteroatoms. The molecule has 2 amide bonds. The van der Waals surface area contributed by atoms with Crippen LogP contribution in [0.1, 0.15) is 15.9 Å². The van der Waals surface area contributed by atoms with E-state index >= 15 is 0 Å². The first-order valence-electron chi connectivity index (χ1n) is 11.8. The van der Waals surface area contributed by atoms with Crippen LogP contribution in [0.2, 0.25) is 0 Å². The van der Waals surface area contributed by atoms with Gasteiger partial charge in [-0.1, -0.05) is 60.7 Å². The summed E-state index contributed by atoms with van der Waals surface area (Å²) in [6, 6.07) is 22.3. The van der Waals surface area contributed by atoms with Gasteiger partial charge in [-0.05, 0) is 23.8 Å². The van der Waals surface area contributed by atoms with E-state index in [1.54, 1.807) is 48.7 Å². The summed E-state index contributed by atoms with van der Waals surface area (Å²) in [7, 11) is 1.17. The number of nitrogens with one attached hydrogen (secondary N) is 2. The normalized spacial score (nSPS) is 11.3. The fraction of sp³-hybridized carbons (Fsp3) is 0.143. The number of benzene rings is 2. The zero-order chi connectivity index (χ0) is 26.9. The van der Waals surface area contributed by atoms with Gasteiger partial charge in [0.2, 0.25) is 5.78 Å². The summed E-state index contributed by atoms with van der Waals surface area (Å²) < 4.78 is 5.97. The average molecular weight is 512 g/mol. The molecular weight excluding hydrogens is 486 g/mol. The van der Waals surface area contributed by atoms with Gasteiger partial charge in [0.1, 0.15) is 12.6 Å². The van der Waals surface area contributed by atoms with E-state index in [9.17, 15) is 19.2 Å². The molecule has 0 saturated heterocycles. The van der Waals surface area contributed by atoms with Crippen molar-refractivity contribution in [1.29, 1.82) is 0 Å². The summed E-state index contributed by atoms with van der Waals surface area (Å²) in [6.45, 7) is -0.469. The van der Waals surface area contributed by atoms with Gasteiger partial charge < -0.3 is 15.4 Å². The second-order valence-corrected chi connectivity index (χ2v) is 8.22. The Balaban J connectivity index is 1.58. The number of esters is 1. The zero-order valence-corrected chi connectivity index (χ0v) is 20.5. The Bertz CT molecular complexity index is 1440. The Morgan fingerprint density at radius 1 is 0.921 bits per heavy atom. The third kappa shape index (κ3) is 6.35. The van der Waals surface area contributed by atoms with Gasteiger partial charge in [0.05, 0.1) is 18.4 Å². The maximum Gasteiger partial charge on any atom is 0.325 e. The number of pyridine rings is 1. The van der Waals surface area contributed by atoms with Crippen molar-refractivity contribution in [2.24, 2.45) is 0 Å². The zero-order valence-electron chi connectivity index (χ0n) is 20.5. The second kappa shape index (κ2) is 12.2. The van der Waals surface area contributed by atoms with E-state index in [-0.39, 0.29) is 17.8 Å². The number of carbonyl (C=O) groups excluding carboxylic acids is 4.